The van der Waals surface area contributed by atoms with E-state index in [9.17, 15) is 0 Å². The lowest BCUT2D eigenvalue weighted by molar-refractivity contribution is 1.18. The SMILES string of the molecule is C=C.C=C/C(=C\C)CN. The van der Waals surface area contributed by atoms with Crippen LogP contribution in [0, 0.1) is 0 Å². The zero-order valence-corrected chi connectivity index (χ0v) is 6.06. The summed E-state index contributed by atoms with van der Waals surface area (Å²) in [6.07, 6.45) is 3.72. The quantitative estimate of drug-likeness (QED) is 0.442. The topological polar surface area (TPSA) is 26.0 Å². The molecule has 0 aliphatic rings. The van der Waals surface area contributed by atoms with Crippen LogP contribution in [0.4, 0.5) is 0 Å². The molecule has 0 fully saturated rings. The Morgan fingerprint density at radius 3 is 2.00 bits per heavy atom. The van der Waals surface area contributed by atoms with Crippen molar-refractivity contribution < 1.29 is 0 Å². The third-order valence-corrected chi connectivity index (χ3v) is 0.869. The first-order chi connectivity index (χ1) is 4.35. The number of rotatable bonds is 2. The molecule has 0 saturated heterocycles. The molecule has 0 atom stereocenters. The molecule has 0 aromatic carbocycles. The summed E-state index contributed by atoms with van der Waals surface area (Å²) in [4.78, 5) is 0. The van der Waals surface area contributed by atoms with Gasteiger partial charge in [0.1, 0.15) is 0 Å². The van der Waals surface area contributed by atoms with Crippen molar-refractivity contribution in [2.45, 2.75) is 6.92 Å². The van der Waals surface area contributed by atoms with Crippen LogP contribution in [-0.2, 0) is 0 Å². The monoisotopic (exact) mass is 125 g/mol. The van der Waals surface area contributed by atoms with Crippen LogP contribution in [0.15, 0.2) is 37.5 Å². The van der Waals surface area contributed by atoms with Gasteiger partial charge >= 0.3 is 0 Å². The van der Waals surface area contributed by atoms with E-state index in [-0.39, 0.29) is 0 Å². The molecule has 1 nitrogen and oxygen atoms in total. The van der Waals surface area contributed by atoms with E-state index in [0.717, 1.165) is 5.57 Å². The Bertz CT molecular complexity index is 92.7. The molecule has 0 rings (SSSR count). The minimum absolute atomic E-state index is 0.597. The lowest BCUT2D eigenvalue weighted by atomic mass is 10.2. The highest BCUT2D eigenvalue weighted by atomic mass is 14.5. The maximum absolute atomic E-state index is 5.25. The van der Waals surface area contributed by atoms with Gasteiger partial charge in [0.15, 0.2) is 0 Å². The number of allylic oxidation sites excluding steroid dienone is 1. The van der Waals surface area contributed by atoms with Crippen molar-refractivity contribution in [3.63, 3.8) is 0 Å². The van der Waals surface area contributed by atoms with Crippen molar-refractivity contribution >= 4 is 0 Å². The third kappa shape index (κ3) is 7.18. The fourth-order valence-corrected chi connectivity index (χ4v) is 0.319. The molecule has 0 saturated carbocycles. The summed E-state index contributed by atoms with van der Waals surface area (Å²) in [6, 6.07) is 0. The normalized spacial score (nSPS) is 9.33. The molecular formula is C8H15N. The Kier molecular flexibility index (Phi) is 12.5. The summed E-state index contributed by atoms with van der Waals surface area (Å²) in [5.41, 5.74) is 6.35. The standard InChI is InChI=1S/C6H11N.C2H4/c1-3-6(4-2)5-7;1-2/h3-4H,1,5,7H2,2H3;1-2H2/b6-4+;. The largest absolute Gasteiger partial charge is 0.327 e. The van der Waals surface area contributed by atoms with Crippen molar-refractivity contribution in [1.82, 2.24) is 0 Å². The van der Waals surface area contributed by atoms with Crippen LogP contribution in [0.2, 0.25) is 0 Å². The van der Waals surface area contributed by atoms with Crippen LogP contribution in [0.3, 0.4) is 0 Å². The van der Waals surface area contributed by atoms with Gasteiger partial charge in [-0.25, -0.2) is 0 Å². The van der Waals surface area contributed by atoms with E-state index >= 15 is 0 Å². The van der Waals surface area contributed by atoms with Gasteiger partial charge in [-0.3, -0.25) is 0 Å². The average Bonchev–Trinajstić information content (AvgIpc) is 1.96. The molecule has 0 bridgehead atoms. The molecule has 1 heteroatoms. The van der Waals surface area contributed by atoms with Gasteiger partial charge in [-0.05, 0) is 12.5 Å². The predicted molar refractivity (Wildman–Crippen MR) is 44.3 cm³/mol. The summed E-state index contributed by atoms with van der Waals surface area (Å²) in [7, 11) is 0. The summed E-state index contributed by atoms with van der Waals surface area (Å²) in [6.45, 7) is 12.1. The summed E-state index contributed by atoms with van der Waals surface area (Å²) in [5, 5.41) is 0. The second-order valence-corrected chi connectivity index (χ2v) is 1.27. The lowest BCUT2D eigenvalue weighted by Gasteiger charge is -1.88. The minimum atomic E-state index is 0.597. The van der Waals surface area contributed by atoms with E-state index < -0.39 is 0 Å². The maximum Gasteiger partial charge on any atom is 0.0174 e. The zero-order chi connectivity index (χ0) is 7.70. The molecular weight excluding hydrogens is 110 g/mol. The maximum atomic E-state index is 5.25. The fourth-order valence-electron chi connectivity index (χ4n) is 0.319. The summed E-state index contributed by atoms with van der Waals surface area (Å²) in [5.74, 6) is 0. The fraction of sp³-hybridized carbons (Fsp3) is 0.250. The molecule has 0 radical (unpaired) electrons. The van der Waals surface area contributed by atoms with Gasteiger partial charge < -0.3 is 5.73 Å². The van der Waals surface area contributed by atoms with Crippen molar-refractivity contribution in [1.29, 1.82) is 0 Å². The lowest BCUT2D eigenvalue weighted by Crippen LogP contribution is -1.99. The summed E-state index contributed by atoms with van der Waals surface area (Å²) < 4.78 is 0. The van der Waals surface area contributed by atoms with E-state index in [2.05, 4.69) is 19.7 Å². The highest BCUT2D eigenvalue weighted by molar-refractivity contribution is 5.15. The van der Waals surface area contributed by atoms with Gasteiger partial charge in [0.25, 0.3) is 0 Å². The third-order valence-electron chi connectivity index (χ3n) is 0.869. The smallest absolute Gasteiger partial charge is 0.0174 e. The highest BCUT2D eigenvalue weighted by Gasteiger charge is 1.77. The molecule has 0 spiro atoms. The Balaban J connectivity index is 0. The zero-order valence-electron chi connectivity index (χ0n) is 6.06. The Labute approximate surface area is 57.6 Å². The average molecular weight is 125 g/mol. The van der Waals surface area contributed by atoms with E-state index in [0.29, 0.717) is 6.54 Å². The van der Waals surface area contributed by atoms with Crippen molar-refractivity contribution in [3.05, 3.63) is 37.5 Å². The van der Waals surface area contributed by atoms with Gasteiger partial charge in [0.2, 0.25) is 0 Å². The minimum Gasteiger partial charge on any atom is -0.327 e. The van der Waals surface area contributed by atoms with Crippen LogP contribution >= 0.6 is 0 Å². The van der Waals surface area contributed by atoms with Crippen LogP contribution < -0.4 is 5.73 Å². The van der Waals surface area contributed by atoms with Gasteiger partial charge in [-0.1, -0.05) is 18.7 Å². The first-order valence-corrected chi connectivity index (χ1v) is 2.82. The van der Waals surface area contributed by atoms with E-state index in [4.69, 9.17) is 5.73 Å². The van der Waals surface area contributed by atoms with Crippen molar-refractivity contribution in [2.24, 2.45) is 5.73 Å². The molecule has 0 aromatic rings. The van der Waals surface area contributed by atoms with E-state index in [1.54, 1.807) is 6.08 Å². The second kappa shape index (κ2) is 10.2. The molecule has 0 aliphatic carbocycles. The highest BCUT2D eigenvalue weighted by Crippen LogP contribution is 1.88. The van der Waals surface area contributed by atoms with Crippen LogP contribution in [0.25, 0.3) is 0 Å². The Hall–Kier alpha value is -0.820. The predicted octanol–water partition coefficient (Wildman–Crippen LogP) is 1.88. The van der Waals surface area contributed by atoms with Crippen LogP contribution in [0.1, 0.15) is 6.92 Å². The van der Waals surface area contributed by atoms with E-state index in [1.807, 2.05) is 13.0 Å². The second-order valence-electron chi connectivity index (χ2n) is 1.27. The number of nitrogens with two attached hydrogens (primary N) is 1. The molecule has 0 unspecified atom stereocenters. The molecule has 0 amide bonds. The molecule has 52 valence electrons. The van der Waals surface area contributed by atoms with Crippen molar-refractivity contribution in [3.8, 4) is 0 Å². The van der Waals surface area contributed by atoms with Gasteiger partial charge in [0.05, 0.1) is 0 Å². The molecule has 9 heavy (non-hydrogen) atoms. The van der Waals surface area contributed by atoms with Crippen LogP contribution in [-0.4, -0.2) is 6.54 Å². The van der Waals surface area contributed by atoms with Crippen LogP contribution in [0.5, 0.6) is 0 Å². The first-order valence-electron chi connectivity index (χ1n) is 2.82. The van der Waals surface area contributed by atoms with Gasteiger partial charge in [-0.2, -0.15) is 0 Å². The van der Waals surface area contributed by atoms with E-state index in [1.165, 1.54) is 0 Å². The molecule has 0 aliphatic heterocycles. The first kappa shape index (κ1) is 11.0. The van der Waals surface area contributed by atoms with Gasteiger partial charge in [-0.15, -0.1) is 13.2 Å². The number of hydrogen-bond donors (Lipinski definition) is 1. The van der Waals surface area contributed by atoms with Gasteiger partial charge in [0, 0.05) is 6.54 Å². The van der Waals surface area contributed by atoms with Crippen molar-refractivity contribution in [2.75, 3.05) is 6.54 Å². The number of hydrogen-bond acceptors (Lipinski definition) is 1. The molecule has 0 heterocycles. The summed E-state index contributed by atoms with van der Waals surface area (Å²) >= 11 is 0. The molecule has 2 N–H and O–H groups in total. The Morgan fingerprint density at radius 1 is 1.56 bits per heavy atom. The molecule has 0 aromatic heterocycles. The Morgan fingerprint density at radius 2 is 2.00 bits per heavy atom.